The zero-order chi connectivity index (χ0) is 16.6. The number of aliphatic carboxylic acids is 1. The van der Waals surface area contributed by atoms with Crippen LogP contribution in [-0.2, 0) is 14.8 Å². The number of carbonyl (C=O) groups is 1. The summed E-state index contributed by atoms with van der Waals surface area (Å²) >= 11 is 0. The fourth-order valence-corrected chi connectivity index (χ4v) is 5.95. The van der Waals surface area contributed by atoms with Gasteiger partial charge in [-0.25, -0.2) is 8.42 Å². The Kier molecular flexibility index (Phi) is 4.33. The van der Waals surface area contributed by atoms with Crippen LogP contribution in [0.15, 0.2) is 29.2 Å². The number of hydrogen-bond donors (Lipinski definition) is 1. The van der Waals surface area contributed by atoms with Crippen LogP contribution in [0.4, 0.5) is 0 Å². The van der Waals surface area contributed by atoms with E-state index < -0.39 is 22.0 Å². The first kappa shape index (κ1) is 16.3. The minimum absolute atomic E-state index is 0.0416. The number of fused-ring (bicyclic) bond motifs is 1. The van der Waals surface area contributed by atoms with E-state index in [9.17, 15) is 18.3 Å². The van der Waals surface area contributed by atoms with Crippen molar-refractivity contribution in [2.24, 2.45) is 5.92 Å². The number of para-hydroxylation sites is 1. The Morgan fingerprint density at radius 3 is 2.65 bits per heavy atom. The predicted molar refractivity (Wildman–Crippen MR) is 83.8 cm³/mol. The minimum Gasteiger partial charge on any atom is -0.495 e. The van der Waals surface area contributed by atoms with Crippen LogP contribution >= 0.6 is 0 Å². The van der Waals surface area contributed by atoms with Crippen molar-refractivity contribution >= 4 is 16.0 Å². The SMILES string of the molecule is COc1ccccc1S(=O)(=O)N1C(C(=O)O)CC2CCCCC21. The molecule has 2 fully saturated rings. The van der Waals surface area contributed by atoms with Crippen molar-refractivity contribution in [1.82, 2.24) is 4.31 Å². The highest BCUT2D eigenvalue weighted by Crippen LogP contribution is 2.43. The van der Waals surface area contributed by atoms with E-state index in [1.807, 2.05) is 0 Å². The van der Waals surface area contributed by atoms with Gasteiger partial charge in [0.15, 0.2) is 0 Å². The van der Waals surface area contributed by atoms with Gasteiger partial charge in [0.2, 0.25) is 10.0 Å². The maximum absolute atomic E-state index is 13.2. The van der Waals surface area contributed by atoms with Crippen LogP contribution in [-0.4, -0.2) is 43.0 Å². The Morgan fingerprint density at radius 1 is 1.26 bits per heavy atom. The Hall–Kier alpha value is -1.60. The Balaban J connectivity index is 2.07. The molecule has 0 aromatic heterocycles. The van der Waals surface area contributed by atoms with E-state index >= 15 is 0 Å². The lowest BCUT2D eigenvalue weighted by Crippen LogP contribution is -2.46. The zero-order valence-electron chi connectivity index (χ0n) is 13.0. The van der Waals surface area contributed by atoms with Crippen LogP contribution in [0, 0.1) is 5.92 Å². The lowest BCUT2D eigenvalue weighted by atomic mass is 9.85. The number of ether oxygens (including phenoxy) is 1. The quantitative estimate of drug-likeness (QED) is 0.908. The van der Waals surface area contributed by atoms with Crippen LogP contribution < -0.4 is 4.74 Å². The average molecular weight is 339 g/mol. The summed E-state index contributed by atoms with van der Waals surface area (Å²) in [4.78, 5) is 11.7. The monoisotopic (exact) mass is 339 g/mol. The highest BCUT2D eigenvalue weighted by molar-refractivity contribution is 7.89. The first-order valence-corrected chi connectivity index (χ1v) is 9.30. The number of hydrogen-bond acceptors (Lipinski definition) is 4. The molecule has 126 valence electrons. The summed E-state index contributed by atoms with van der Waals surface area (Å²) in [5.41, 5.74) is 0. The van der Waals surface area contributed by atoms with E-state index in [1.54, 1.807) is 18.2 Å². The predicted octanol–water partition coefficient (Wildman–Crippen LogP) is 2.10. The number of methoxy groups -OCH3 is 1. The molecule has 0 radical (unpaired) electrons. The molecule has 0 amide bonds. The molecule has 3 rings (SSSR count). The maximum atomic E-state index is 13.2. The number of rotatable bonds is 4. The van der Waals surface area contributed by atoms with Crippen LogP contribution in [0.2, 0.25) is 0 Å². The third-order valence-corrected chi connectivity index (χ3v) is 6.91. The summed E-state index contributed by atoms with van der Waals surface area (Å²) in [5, 5.41) is 9.53. The molecule has 1 saturated carbocycles. The Labute approximate surface area is 136 Å². The van der Waals surface area contributed by atoms with Gasteiger partial charge in [0.05, 0.1) is 7.11 Å². The fraction of sp³-hybridized carbons (Fsp3) is 0.562. The van der Waals surface area contributed by atoms with Gasteiger partial charge in [-0.15, -0.1) is 0 Å². The second-order valence-electron chi connectivity index (χ2n) is 6.19. The van der Waals surface area contributed by atoms with E-state index in [0.29, 0.717) is 6.42 Å². The van der Waals surface area contributed by atoms with Crippen molar-refractivity contribution in [2.75, 3.05) is 7.11 Å². The zero-order valence-corrected chi connectivity index (χ0v) is 13.8. The van der Waals surface area contributed by atoms with Crippen molar-refractivity contribution in [3.05, 3.63) is 24.3 Å². The van der Waals surface area contributed by atoms with Gasteiger partial charge in [-0.1, -0.05) is 25.0 Å². The number of benzene rings is 1. The molecule has 1 aromatic rings. The molecule has 1 heterocycles. The normalized spacial score (nSPS) is 28.3. The molecule has 0 bridgehead atoms. The summed E-state index contributed by atoms with van der Waals surface area (Å²) in [5.74, 6) is -0.692. The summed E-state index contributed by atoms with van der Waals surface area (Å²) in [6.07, 6.45) is 3.99. The van der Waals surface area contributed by atoms with Crippen LogP contribution in [0.25, 0.3) is 0 Å². The smallest absolute Gasteiger partial charge is 0.322 e. The lowest BCUT2D eigenvalue weighted by molar-refractivity contribution is -0.141. The molecule has 1 aliphatic carbocycles. The minimum atomic E-state index is -3.92. The van der Waals surface area contributed by atoms with Gasteiger partial charge < -0.3 is 9.84 Å². The molecule has 6 nitrogen and oxygen atoms in total. The molecule has 1 aliphatic heterocycles. The summed E-state index contributed by atoms with van der Waals surface area (Å²) < 4.78 is 32.7. The van der Waals surface area contributed by atoms with Gasteiger partial charge in [0, 0.05) is 6.04 Å². The van der Waals surface area contributed by atoms with E-state index in [2.05, 4.69) is 0 Å². The number of carboxylic acid groups (broad SMARTS) is 1. The highest BCUT2D eigenvalue weighted by Gasteiger charge is 2.51. The van der Waals surface area contributed by atoms with Crippen molar-refractivity contribution in [3.63, 3.8) is 0 Å². The van der Waals surface area contributed by atoms with Crippen molar-refractivity contribution in [1.29, 1.82) is 0 Å². The molecule has 2 aliphatic rings. The summed E-state index contributed by atoms with van der Waals surface area (Å²) in [6.45, 7) is 0. The van der Waals surface area contributed by atoms with E-state index in [1.165, 1.54) is 17.5 Å². The first-order valence-electron chi connectivity index (χ1n) is 7.86. The Bertz CT molecular complexity index is 702. The second kappa shape index (κ2) is 6.13. The molecule has 23 heavy (non-hydrogen) atoms. The number of sulfonamides is 1. The molecule has 1 saturated heterocycles. The van der Waals surface area contributed by atoms with E-state index in [0.717, 1.165) is 25.7 Å². The van der Waals surface area contributed by atoms with Crippen molar-refractivity contribution in [2.45, 2.75) is 49.1 Å². The first-order chi connectivity index (χ1) is 11.0. The van der Waals surface area contributed by atoms with Gasteiger partial charge >= 0.3 is 5.97 Å². The molecular formula is C16H21NO5S. The van der Waals surface area contributed by atoms with Crippen molar-refractivity contribution < 1.29 is 23.1 Å². The van der Waals surface area contributed by atoms with Gasteiger partial charge in [-0.05, 0) is 37.3 Å². The molecule has 0 spiro atoms. The van der Waals surface area contributed by atoms with Crippen LogP contribution in [0.5, 0.6) is 5.75 Å². The van der Waals surface area contributed by atoms with E-state index in [-0.39, 0.29) is 22.6 Å². The largest absolute Gasteiger partial charge is 0.495 e. The topological polar surface area (TPSA) is 83.9 Å². The molecule has 3 unspecified atom stereocenters. The summed E-state index contributed by atoms with van der Waals surface area (Å²) in [6, 6.07) is 5.16. The fourth-order valence-electron chi connectivity index (χ4n) is 3.92. The third-order valence-electron chi connectivity index (χ3n) is 4.94. The van der Waals surface area contributed by atoms with E-state index in [4.69, 9.17) is 4.74 Å². The Morgan fingerprint density at radius 2 is 1.96 bits per heavy atom. The molecule has 1 aromatic carbocycles. The molecule has 1 N–H and O–H groups in total. The highest BCUT2D eigenvalue weighted by atomic mass is 32.2. The second-order valence-corrected chi connectivity index (χ2v) is 8.00. The number of nitrogens with zero attached hydrogens (tertiary/aromatic N) is 1. The number of carboxylic acids is 1. The van der Waals surface area contributed by atoms with Gasteiger partial charge in [0.1, 0.15) is 16.7 Å². The van der Waals surface area contributed by atoms with Crippen molar-refractivity contribution in [3.8, 4) is 5.75 Å². The average Bonchev–Trinajstić information content (AvgIpc) is 2.95. The van der Waals surface area contributed by atoms with Gasteiger partial charge in [-0.3, -0.25) is 4.79 Å². The lowest BCUT2D eigenvalue weighted by Gasteiger charge is -2.32. The third kappa shape index (κ3) is 2.72. The standard InChI is InChI=1S/C16H21NO5S/c1-22-14-8-4-5-9-15(14)23(20,21)17-12-7-3-2-6-11(12)10-13(17)16(18)19/h4-5,8-9,11-13H,2-3,6-7,10H2,1H3,(H,18,19). The summed E-state index contributed by atoms with van der Waals surface area (Å²) in [7, 11) is -2.51. The van der Waals surface area contributed by atoms with Crippen LogP contribution in [0.3, 0.4) is 0 Å². The van der Waals surface area contributed by atoms with Gasteiger partial charge in [0.25, 0.3) is 0 Å². The molecular weight excluding hydrogens is 318 g/mol. The molecule has 3 atom stereocenters. The van der Waals surface area contributed by atoms with Gasteiger partial charge in [-0.2, -0.15) is 4.31 Å². The molecule has 7 heteroatoms. The van der Waals surface area contributed by atoms with Crippen LogP contribution in [0.1, 0.15) is 32.1 Å². The maximum Gasteiger partial charge on any atom is 0.322 e.